The third kappa shape index (κ3) is 10.1. The van der Waals surface area contributed by atoms with Crippen molar-refractivity contribution in [1.82, 2.24) is 0 Å². The first-order chi connectivity index (χ1) is 5.31. The molecule has 0 saturated heterocycles. The Balaban J connectivity index is 0. The summed E-state index contributed by atoms with van der Waals surface area (Å²) in [5.74, 6) is 0. The van der Waals surface area contributed by atoms with Crippen LogP contribution in [0.25, 0.3) is 0 Å². The van der Waals surface area contributed by atoms with E-state index < -0.39 is 6.08 Å². The van der Waals surface area contributed by atoms with Crippen molar-refractivity contribution in [2.45, 2.75) is 19.8 Å². The molecule has 0 aliphatic carbocycles. The molecular weight excluding hydrogens is 187 g/mol. The Kier molecular flexibility index (Phi) is 13.5. The monoisotopic (exact) mass is 196 g/mol. The van der Waals surface area contributed by atoms with Gasteiger partial charge >= 0.3 is 29.6 Å². The Bertz CT molecular complexity index is 169. The van der Waals surface area contributed by atoms with Gasteiger partial charge in [-0.3, -0.25) is 0 Å². The first-order valence-corrected chi connectivity index (χ1v) is 4.01. The topological polar surface area (TPSA) is 68.4 Å². The molecule has 0 fully saturated rings. The molecule has 0 spiro atoms. The molecule has 6 heteroatoms. The van der Waals surface area contributed by atoms with Gasteiger partial charge in [-0.15, -0.1) is 0 Å². The van der Waals surface area contributed by atoms with Crippen molar-refractivity contribution in [3.05, 3.63) is 0 Å². The molecule has 12 heavy (non-hydrogen) atoms. The first-order valence-electron chi connectivity index (χ1n) is 3.24. The third-order valence-electron chi connectivity index (χ3n) is 0.884. The van der Waals surface area contributed by atoms with Crippen LogP contribution in [0.2, 0.25) is 0 Å². The van der Waals surface area contributed by atoms with Crippen LogP contribution in [-0.2, 0) is 4.74 Å². The molecule has 0 saturated carbocycles. The number of nitriles is 1. The number of thiocyanates is 1. The second-order valence-corrected chi connectivity index (χ2v) is 2.29. The van der Waals surface area contributed by atoms with E-state index in [9.17, 15) is 5.11 Å². The van der Waals surface area contributed by atoms with Gasteiger partial charge in [0.25, 0.3) is 0 Å². The normalized spacial score (nSPS) is 9.83. The minimum atomic E-state index is -0.676. The maximum Gasteiger partial charge on any atom is 1.00 e. The average Bonchev–Trinajstić information content (AvgIpc) is 2.01. The summed E-state index contributed by atoms with van der Waals surface area (Å²) in [6.45, 7) is 2.37. The van der Waals surface area contributed by atoms with Crippen LogP contribution >= 0.6 is 11.9 Å². The van der Waals surface area contributed by atoms with Crippen LogP contribution < -0.4 is 34.7 Å². The van der Waals surface area contributed by atoms with Gasteiger partial charge in [0.1, 0.15) is 0 Å². The van der Waals surface area contributed by atoms with E-state index in [-0.39, 0.29) is 29.6 Å². The third-order valence-corrected chi connectivity index (χ3v) is 1.21. The van der Waals surface area contributed by atoms with Crippen LogP contribution in [0.15, 0.2) is 4.40 Å². The summed E-state index contributed by atoms with van der Waals surface area (Å²) in [5, 5.41) is 20.2. The van der Waals surface area contributed by atoms with Crippen molar-refractivity contribution in [1.29, 1.82) is 5.26 Å². The summed E-state index contributed by atoms with van der Waals surface area (Å²) in [5.41, 5.74) is 0. The number of hydrogen-bond acceptors (Lipinski definition) is 5. The summed E-state index contributed by atoms with van der Waals surface area (Å²) in [7, 11) is 0. The van der Waals surface area contributed by atoms with Crippen LogP contribution in [0, 0.1) is 10.7 Å². The van der Waals surface area contributed by atoms with E-state index in [0.717, 1.165) is 12.8 Å². The molecular formula is C6H9N2NaO2S. The van der Waals surface area contributed by atoms with E-state index in [0.29, 0.717) is 18.6 Å². The van der Waals surface area contributed by atoms with Gasteiger partial charge < -0.3 is 9.84 Å². The summed E-state index contributed by atoms with van der Waals surface area (Å²) in [6.07, 6.45) is 1.13. The van der Waals surface area contributed by atoms with E-state index in [1.165, 1.54) is 0 Å². The molecule has 0 aromatic rings. The van der Waals surface area contributed by atoms with E-state index in [2.05, 4.69) is 9.13 Å². The van der Waals surface area contributed by atoms with Gasteiger partial charge in [0.05, 0.1) is 11.9 Å². The van der Waals surface area contributed by atoms with Crippen molar-refractivity contribution in [2.75, 3.05) is 6.61 Å². The second-order valence-electron chi connectivity index (χ2n) is 1.74. The quantitative estimate of drug-likeness (QED) is 0.126. The van der Waals surface area contributed by atoms with Gasteiger partial charge in [-0.25, -0.2) is 0 Å². The fourth-order valence-corrected chi connectivity index (χ4v) is 0.556. The van der Waals surface area contributed by atoms with Gasteiger partial charge in [-0.2, -0.15) is 9.66 Å². The summed E-state index contributed by atoms with van der Waals surface area (Å²) < 4.78 is 7.82. The van der Waals surface area contributed by atoms with Crippen LogP contribution in [-0.4, -0.2) is 12.7 Å². The summed E-state index contributed by atoms with van der Waals surface area (Å²) in [6, 6.07) is 0. The minimum Gasteiger partial charge on any atom is -0.600 e. The number of unbranched alkanes of at least 4 members (excludes halogenated alkanes) is 1. The Labute approximate surface area is 98.4 Å². The first kappa shape index (κ1) is 14.6. The van der Waals surface area contributed by atoms with Crippen LogP contribution in [0.1, 0.15) is 19.8 Å². The molecule has 0 aromatic heterocycles. The predicted molar refractivity (Wildman–Crippen MR) is 41.5 cm³/mol. The van der Waals surface area contributed by atoms with Crippen molar-refractivity contribution < 1.29 is 39.4 Å². The maximum absolute atomic E-state index is 10.5. The minimum absolute atomic E-state index is 0. The van der Waals surface area contributed by atoms with Gasteiger partial charge in [0.2, 0.25) is 0 Å². The summed E-state index contributed by atoms with van der Waals surface area (Å²) >= 11 is 0.530. The molecule has 0 aliphatic rings. The number of rotatable bonds is 4. The molecule has 0 aromatic carbocycles. The van der Waals surface area contributed by atoms with Crippen LogP contribution in [0.3, 0.4) is 0 Å². The van der Waals surface area contributed by atoms with E-state index in [1.54, 1.807) is 5.40 Å². The molecule has 0 aliphatic heterocycles. The van der Waals surface area contributed by atoms with E-state index >= 15 is 0 Å². The standard InChI is InChI=1S/C6H10N2O2S.Na/c1-2-3-4-10-6(9)8-11-5-7;/h2-4H2,1H3,(H,8,9);/q;+1/p-1. The van der Waals surface area contributed by atoms with E-state index in [1.807, 2.05) is 6.92 Å². The predicted octanol–water partition coefficient (Wildman–Crippen LogP) is -2.35. The maximum atomic E-state index is 10.5. The van der Waals surface area contributed by atoms with Crippen molar-refractivity contribution in [2.24, 2.45) is 4.40 Å². The molecule has 0 N–H and O–H groups in total. The number of ether oxygens (including phenoxy) is 1. The zero-order chi connectivity index (χ0) is 8.53. The molecule has 0 bridgehead atoms. The molecule has 0 amide bonds. The fraction of sp³-hybridized carbons (Fsp3) is 0.667. The van der Waals surface area contributed by atoms with Crippen molar-refractivity contribution in [3.8, 4) is 5.40 Å². The SMILES string of the molecule is CCCCOC([O-])=NSC#N.[Na+]. The molecule has 4 nitrogen and oxygen atoms in total. The second kappa shape index (κ2) is 11.1. The zero-order valence-electron chi connectivity index (χ0n) is 7.24. The van der Waals surface area contributed by atoms with Gasteiger partial charge in [0, 0.05) is 0 Å². The molecule has 62 valence electrons. The van der Waals surface area contributed by atoms with Crippen molar-refractivity contribution in [3.63, 3.8) is 0 Å². The van der Waals surface area contributed by atoms with Crippen LogP contribution in [0.5, 0.6) is 0 Å². The van der Waals surface area contributed by atoms with E-state index in [4.69, 9.17) is 5.26 Å². The zero-order valence-corrected chi connectivity index (χ0v) is 10.1. The summed E-state index contributed by atoms with van der Waals surface area (Å²) in [4.78, 5) is 0. The molecule has 0 atom stereocenters. The molecule has 0 rings (SSSR count). The molecule has 0 radical (unpaired) electrons. The number of hydrogen-bond donors (Lipinski definition) is 0. The van der Waals surface area contributed by atoms with Crippen molar-refractivity contribution >= 4 is 18.0 Å². The van der Waals surface area contributed by atoms with Gasteiger partial charge in [0.15, 0.2) is 11.5 Å². The largest absolute Gasteiger partial charge is 1.00 e. The Morgan fingerprint density at radius 3 is 2.92 bits per heavy atom. The molecule has 0 unspecified atom stereocenters. The Morgan fingerprint density at radius 1 is 1.75 bits per heavy atom. The number of nitrogens with zero attached hydrogens (tertiary/aromatic N) is 2. The van der Waals surface area contributed by atoms with Gasteiger partial charge in [-0.1, -0.05) is 13.3 Å². The fourth-order valence-electron chi connectivity index (χ4n) is 0.388. The van der Waals surface area contributed by atoms with Gasteiger partial charge in [-0.05, 0) is 13.0 Å². The Morgan fingerprint density at radius 2 is 2.42 bits per heavy atom. The van der Waals surface area contributed by atoms with Crippen LogP contribution in [0.4, 0.5) is 0 Å². The molecule has 0 heterocycles. The smallest absolute Gasteiger partial charge is 0.600 e. The average molecular weight is 196 g/mol. The Hall–Kier alpha value is 0.110.